The zero-order valence-corrected chi connectivity index (χ0v) is 15.4. The van der Waals surface area contributed by atoms with E-state index < -0.39 is 5.41 Å². The minimum absolute atomic E-state index is 0.323. The highest BCUT2D eigenvalue weighted by atomic mass is 19.1. The first-order valence-corrected chi connectivity index (χ1v) is 9.36. The number of hydrogen-bond acceptors (Lipinski definition) is 2. The molecule has 4 aromatic rings. The molecule has 5 heteroatoms. The second-order valence-corrected chi connectivity index (χ2v) is 7.18. The second kappa shape index (κ2) is 6.78. The molecule has 3 nitrogen and oxygen atoms in total. The van der Waals surface area contributed by atoms with Gasteiger partial charge in [-0.2, -0.15) is 5.10 Å². The van der Waals surface area contributed by atoms with Gasteiger partial charge in [-0.1, -0.05) is 42.5 Å². The fourth-order valence-corrected chi connectivity index (χ4v) is 4.06. The molecular weight excluding hydrogens is 368 g/mol. The Labute approximate surface area is 166 Å². The number of halogens is 2. The van der Waals surface area contributed by atoms with Crippen LogP contribution in [-0.4, -0.2) is 15.2 Å². The fraction of sp³-hybridized carbons (Fsp3) is 0.0833. The highest BCUT2D eigenvalue weighted by Crippen LogP contribution is 2.43. The van der Waals surface area contributed by atoms with E-state index in [9.17, 15) is 8.78 Å². The molecule has 1 N–H and O–H groups in total. The van der Waals surface area contributed by atoms with Gasteiger partial charge in [-0.05, 0) is 47.5 Å². The summed E-state index contributed by atoms with van der Waals surface area (Å²) in [6.07, 6.45) is 6.22. The van der Waals surface area contributed by atoms with Gasteiger partial charge in [0.25, 0.3) is 0 Å². The third-order valence-electron chi connectivity index (χ3n) is 5.46. The standard InChI is InChI=1S/C24H17F2N3/c25-18-7-3-5-16(13-18)24(17-6-4-8-19(26)14-17)11-10-20-22(15-24)28-29-23(20)21-9-1-2-12-27-21/h1-14H,15H2,(H,28,29). The van der Waals surface area contributed by atoms with E-state index in [1.807, 2.05) is 42.5 Å². The van der Waals surface area contributed by atoms with Crippen LogP contribution in [0.2, 0.25) is 0 Å². The zero-order chi connectivity index (χ0) is 19.8. The van der Waals surface area contributed by atoms with E-state index in [1.165, 1.54) is 24.3 Å². The summed E-state index contributed by atoms with van der Waals surface area (Å²) < 4.78 is 28.2. The second-order valence-electron chi connectivity index (χ2n) is 7.18. The number of nitrogens with one attached hydrogen (secondary N) is 1. The van der Waals surface area contributed by atoms with Gasteiger partial charge in [0.05, 0.1) is 5.69 Å². The van der Waals surface area contributed by atoms with Gasteiger partial charge in [0.15, 0.2) is 0 Å². The van der Waals surface area contributed by atoms with Crippen LogP contribution in [0.3, 0.4) is 0 Å². The number of nitrogens with zero attached hydrogens (tertiary/aromatic N) is 2. The molecule has 0 unspecified atom stereocenters. The van der Waals surface area contributed by atoms with E-state index >= 15 is 0 Å². The number of H-pyrrole nitrogens is 1. The Hall–Kier alpha value is -3.60. The molecule has 142 valence electrons. The lowest BCUT2D eigenvalue weighted by atomic mass is 9.68. The van der Waals surface area contributed by atoms with Crippen molar-refractivity contribution in [3.05, 3.63) is 113 Å². The average molecular weight is 385 g/mol. The molecule has 0 amide bonds. The van der Waals surface area contributed by atoms with Crippen LogP contribution in [-0.2, 0) is 11.8 Å². The summed E-state index contributed by atoms with van der Waals surface area (Å²) in [5.41, 5.74) is 4.22. The summed E-state index contributed by atoms with van der Waals surface area (Å²) >= 11 is 0. The SMILES string of the molecule is Fc1cccc(C2(c3cccc(F)c3)C=Cc3c(-c4ccccn4)n[nH]c3C2)c1. The molecular formula is C24H17F2N3. The molecule has 2 aromatic heterocycles. The molecule has 0 fully saturated rings. The molecule has 0 atom stereocenters. The molecule has 0 aliphatic heterocycles. The van der Waals surface area contributed by atoms with Crippen molar-refractivity contribution in [2.24, 2.45) is 0 Å². The Kier molecular flexibility index (Phi) is 4.09. The maximum absolute atomic E-state index is 14.1. The van der Waals surface area contributed by atoms with Gasteiger partial charge in [-0.3, -0.25) is 10.1 Å². The predicted molar refractivity (Wildman–Crippen MR) is 108 cm³/mol. The number of pyridine rings is 1. The number of benzene rings is 2. The lowest BCUT2D eigenvalue weighted by Crippen LogP contribution is -2.30. The number of aromatic nitrogens is 3. The van der Waals surface area contributed by atoms with Crippen molar-refractivity contribution in [3.8, 4) is 11.4 Å². The predicted octanol–water partition coefficient (Wildman–Crippen LogP) is 5.31. The quantitative estimate of drug-likeness (QED) is 0.520. The summed E-state index contributed by atoms with van der Waals surface area (Å²) in [4.78, 5) is 4.39. The van der Waals surface area contributed by atoms with Crippen LogP contribution in [0.15, 0.2) is 79.0 Å². The number of allylic oxidation sites excluding steroid dienone is 1. The van der Waals surface area contributed by atoms with Crippen molar-refractivity contribution in [1.29, 1.82) is 0 Å². The molecule has 2 heterocycles. The largest absolute Gasteiger partial charge is 0.281 e. The maximum Gasteiger partial charge on any atom is 0.123 e. The van der Waals surface area contributed by atoms with E-state index in [1.54, 1.807) is 18.3 Å². The molecule has 29 heavy (non-hydrogen) atoms. The Bertz CT molecular complexity index is 1170. The van der Waals surface area contributed by atoms with Crippen molar-refractivity contribution in [1.82, 2.24) is 15.2 Å². The molecule has 1 aliphatic carbocycles. The summed E-state index contributed by atoms with van der Waals surface area (Å²) in [6.45, 7) is 0. The Morgan fingerprint density at radius 1 is 0.862 bits per heavy atom. The first-order chi connectivity index (χ1) is 14.2. The summed E-state index contributed by atoms with van der Waals surface area (Å²) in [5.74, 6) is -0.646. The first kappa shape index (κ1) is 17.5. The van der Waals surface area contributed by atoms with E-state index in [2.05, 4.69) is 15.2 Å². The number of aromatic amines is 1. The van der Waals surface area contributed by atoms with E-state index in [0.717, 1.165) is 33.8 Å². The van der Waals surface area contributed by atoms with Crippen LogP contribution in [0, 0.1) is 11.6 Å². The number of fused-ring (bicyclic) bond motifs is 1. The normalized spacial score (nSPS) is 14.6. The van der Waals surface area contributed by atoms with E-state index in [-0.39, 0.29) is 11.6 Å². The zero-order valence-electron chi connectivity index (χ0n) is 15.4. The molecule has 0 saturated heterocycles. The van der Waals surface area contributed by atoms with Crippen molar-refractivity contribution >= 4 is 6.08 Å². The Morgan fingerprint density at radius 3 is 2.21 bits per heavy atom. The minimum Gasteiger partial charge on any atom is -0.281 e. The summed E-state index contributed by atoms with van der Waals surface area (Å²) in [5, 5.41) is 7.59. The summed E-state index contributed by atoms with van der Waals surface area (Å²) in [6, 6.07) is 18.6. The average Bonchev–Trinajstić information content (AvgIpc) is 3.17. The highest BCUT2D eigenvalue weighted by Gasteiger charge is 2.37. The van der Waals surface area contributed by atoms with Crippen molar-refractivity contribution in [2.75, 3.05) is 0 Å². The smallest absolute Gasteiger partial charge is 0.123 e. The van der Waals surface area contributed by atoms with Crippen LogP contribution >= 0.6 is 0 Å². The topological polar surface area (TPSA) is 41.6 Å². The van der Waals surface area contributed by atoms with Crippen LogP contribution < -0.4 is 0 Å². The van der Waals surface area contributed by atoms with E-state index in [4.69, 9.17) is 0 Å². The third kappa shape index (κ3) is 2.95. The van der Waals surface area contributed by atoms with Crippen molar-refractivity contribution in [3.63, 3.8) is 0 Å². The molecule has 5 rings (SSSR count). The van der Waals surface area contributed by atoms with Crippen LogP contribution in [0.5, 0.6) is 0 Å². The molecule has 0 bridgehead atoms. The highest BCUT2D eigenvalue weighted by molar-refractivity contribution is 5.74. The van der Waals surface area contributed by atoms with Gasteiger partial charge in [-0.25, -0.2) is 8.78 Å². The fourth-order valence-electron chi connectivity index (χ4n) is 4.06. The van der Waals surface area contributed by atoms with Crippen LogP contribution in [0.1, 0.15) is 22.4 Å². The molecule has 1 aliphatic rings. The maximum atomic E-state index is 14.1. The molecule has 0 radical (unpaired) electrons. The van der Waals surface area contributed by atoms with Gasteiger partial charge in [0, 0.05) is 29.3 Å². The summed E-state index contributed by atoms with van der Waals surface area (Å²) in [7, 11) is 0. The lowest BCUT2D eigenvalue weighted by Gasteiger charge is -2.34. The van der Waals surface area contributed by atoms with Gasteiger partial charge in [-0.15, -0.1) is 0 Å². The monoisotopic (exact) mass is 385 g/mol. The molecule has 0 spiro atoms. The van der Waals surface area contributed by atoms with Gasteiger partial charge >= 0.3 is 0 Å². The Morgan fingerprint density at radius 2 is 1.59 bits per heavy atom. The van der Waals surface area contributed by atoms with Crippen LogP contribution in [0.25, 0.3) is 17.5 Å². The van der Waals surface area contributed by atoms with Gasteiger partial charge < -0.3 is 0 Å². The van der Waals surface area contributed by atoms with Crippen molar-refractivity contribution < 1.29 is 8.78 Å². The third-order valence-corrected chi connectivity index (χ3v) is 5.46. The Balaban J connectivity index is 1.68. The van der Waals surface area contributed by atoms with Crippen molar-refractivity contribution in [2.45, 2.75) is 11.8 Å². The van der Waals surface area contributed by atoms with Gasteiger partial charge in [0.2, 0.25) is 0 Å². The van der Waals surface area contributed by atoms with E-state index in [0.29, 0.717) is 6.42 Å². The number of hydrogen-bond donors (Lipinski definition) is 1. The minimum atomic E-state index is -0.703. The van der Waals surface area contributed by atoms with Crippen LogP contribution in [0.4, 0.5) is 8.78 Å². The first-order valence-electron chi connectivity index (χ1n) is 9.36. The molecule has 0 saturated carbocycles. The number of rotatable bonds is 3. The van der Waals surface area contributed by atoms with Gasteiger partial charge in [0.1, 0.15) is 17.3 Å². The molecule has 2 aromatic carbocycles. The lowest BCUT2D eigenvalue weighted by molar-refractivity contribution is 0.582.